The van der Waals surface area contributed by atoms with Crippen LogP contribution < -0.4 is 4.90 Å². The van der Waals surface area contributed by atoms with Crippen molar-refractivity contribution in [3.8, 4) is 0 Å². The van der Waals surface area contributed by atoms with E-state index in [-0.39, 0.29) is 11.4 Å². The zero-order valence-corrected chi connectivity index (χ0v) is 11.2. The van der Waals surface area contributed by atoms with Gasteiger partial charge < -0.3 is 4.98 Å². The number of hydrogen-bond acceptors (Lipinski definition) is 4. The fourth-order valence-electron chi connectivity index (χ4n) is 3.48. The summed E-state index contributed by atoms with van der Waals surface area (Å²) in [5, 5.41) is 0. The highest BCUT2D eigenvalue weighted by Crippen LogP contribution is 2.41. The van der Waals surface area contributed by atoms with Gasteiger partial charge in [0.05, 0.1) is 12.1 Å². The van der Waals surface area contributed by atoms with Crippen molar-refractivity contribution in [2.75, 3.05) is 18.5 Å². The standard InChI is InChI=1S/C13H17N5O/c1-8-14-9-10(15-8)18-7-13(5-3-4-6-13)16-12(18)17(2)11(9)19/h3-7H2,1-2H3,(H,14,15). The molecule has 1 fully saturated rings. The van der Waals surface area contributed by atoms with Gasteiger partial charge in [-0.25, -0.2) is 9.98 Å². The van der Waals surface area contributed by atoms with Gasteiger partial charge in [-0.1, -0.05) is 12.8 Å². The topological polar surface area (TPSA) is 64.6 Å². The first kappa shape index (κ1) is 11.0. The Labute approximate surface area is 111 Å². The molecule has 0 saturated heterocycles. The Bertz CT molecular complexity index is 596. The van der Waals surface area contributed by atoms with Gasteiger partial charge >= 0.3 is 0 Å². The molecule has 1 N–H and O–H groups in total. The lowest BCUT2D eigenvalue weighted by atomic mass is 9.99. The molecule has 0 radical (unpaired) electrons. The van der Waals surface area contributed by atoms with Crippen molar-refractivity contribution >= 4 is 17.7 Å². The normalized spacial score (nSPS) is 23.9. The molecule has 19 heavy (non-hydrogen) atoms. The average molecular weight is 259 g/mol. The van der Waals surface area contributed by atoms with E-state index >= 15 is 0 Å². The summed E-state index contributed by atoms with van der Waals surface area (Å²) in [6.45, 7) is 2.74. The first-order valence-corrected chi connectivity index (χ1v) is 6.82. The molecule has 2 aliphatic heterocycles. The van der Waals surface area contributed by atoms with E-state index in [1.165, 1.54) is 12.8 Å². The number of imidazole rings is 1. The number of hydrogen-bond donors (Lipinski definition) is 1. The zero-order valence-electron chi connectivity index (χ0n) is 11.2. The van der Waals surface area contributed by atoms with E-state index in [9.17, 15) is 4.79 Å². The van der Waals surface area contributed by atoms with Crippen LogP contribution in [0.4, 0.5) is 5.82 Å². The number of H-pyrrole nitrogens is 1. The van der Waals surface area contributed by atoms with Gasteiger partial charge in [-0.15, -0.1) is 0 Å². The van der Waals surface area contributed by atoms with Crippen molar-refractivity contribution < 1.29 is 4.79 Å². The second-order valence-electron chi connectivity index (χ2n) is 5.81. The molecule has 1 amide bonds. The summed E-state index contributed by atoms with van der Waals surface area (Å²) in [4.78, 5) is 28.5. The number of fused-ring (bicyclic) bond motifs is 3. The molecular weight excluding hydrogens is 242 g/mol. The molecule has 6 heteroatoms. The monoisotopic (exact) mass is 259 g/mol. The van der Waals surface area contributed by atoms with Crippen LogP contribution in [0.2, 0.25) is 0 Å². The van der Waals surface area contributed by atoms with Crippen LogP contribution in [0.3, 0.4) is 0 Å². The minimum atomic E-state index is -0.0411. The first-order chi connectivity index (χ1) is 9.10. The van der Waals surface area contributed by atoms with Gasteiger partial charge in [-0.05, 0) is 19.8 Å². The first-order valence-electron chi connectivity index (χ1n) is 6.82. The lowest BCUT2D eigenvalue weighted by Gasteiger charge is -2.30. The Hall–Kier alpha value is -1.85. The van der Waals surface area contributed by atoms with Gasteiger partial charge in [0.25, 0.3) is 5.91 Å². The molecule has 1 saturated carbocycles. The molecular formula is C13H17N5O. The summed E-state index contributed by atoms with van der Waals surface area (Å²) in [7, 11) is 1.79. The summed E-state index contributed by atoms with van der Waals surface area (Å²) < 4.78 is 0. The SMILES string of the molecule is Cc1nc2c([nH]1)C(=O)N(C)C1=NC3(CCCC3)CN12. The molecule has 1 aromatic rings. The van der Waals surface area contributed by atoms with E-state index in [2.05, 4.69) is 14.9 Å². The molecule has 6 nitrogen and oxygen atoms in total. The molecule has 3 heterocycles. The van der Waals surface area contributed by atoms with E-state index in [0.29, 0.717) is 5.69 Å². The number of carbonyl (C=O) groups excluding carboxylic acids is 1. The predicted octanol–water partition coefficient (Wildman–Crippen LogP) is 1.29. The van der Waals surface area contributed by atoms with Crippen LogP contribution in [0.5, 0.6) is 0 Å². The van der Waals surface area contributed by atoms with Crippen molar-refractivity contribution in [3.63, 3.8) is 0 Å². The summed E-state index contributed by atoms with van der Waals surface area (Å²) in [6, 6.07) is 0. The van der Waals surface area contributed by atoms with E-state index in [1.54, 1.807) is 11.9 Å². The van der Waals surface area contributed by atoms with Gasteiger partial charge in [-0.3, -0.25) is 14.6 Å². The number of nitrogens with zero attached hydrogens (tertiary/aromatic N) is 4. The Morgan fingerprint density at radius 2 is 2.05 bits per heavy atom. The highest BCUT2D eigenvalue weighted by molar-refractivity contribution is 6.17. The molecule has 3 aliphatic rings. The van der Waals surface area contributed by atoms with E-state index in [1.807, 2.05) is 6.92 Å². The molecule has 1 spiro atoms. The number of anilines is 1. The van der Waals surface area contributed by atoms with E-state index < -0.39 is 0 Å². The third-order valence-corrected chi connectivity index (χ3v) is 4.44. The predicted molar refractivity (Wildman–Crippen MR) is 71.4 cm³/mol. The number of rotatable bonds is 0. The van der Waals surface area contributed by atoms with E-state index in [0.717, 1.165) is 37.0 Å². The van der Waals surface area contributed by atoms with Crippen LogP contribution in [0.15, 0.2) is 4.99 Å². The number of aliphatic imine (C=N–C) groups is 1. The number of nitrogens with one attached hydrogen (secondary N) is 1. The van der Waals surface area contributed by atoms with Gasteiger partial charge in [0.15, 0.2) is 5.82 Å². The average Bonchev–Trinajstić information content (AvgIpc) is 3.06. The Morgan fingerprint density at radius 3 is 2.79 bits per heavy atom. The molecule has 1 aromatic heterocycles. The molecule has 0 bridgehead atoms. The minimum Gasteiger partial charge on any atom is -0.336 e. The van der Waals surface area contributed by atoms with Crippen molar-refractivity contribution in [1.82, 2.24) is 14.9 Å². The quantitative estimate of drug-likeness (QED) is 0.763. The summed E-state index contributed by atoms with van der Waals surface area (Å²) >= 11 is 0. The maximum absolute atomic E-state index is 12.3. The Morgan fingerprint density at radius 1 is 1.32 bits per heavy atom. The zero-order chi connectivity index (χ0) is 13.2. The number of guanidine groups is 1. The van der Waals surface area contributed by atoms with Crippen LogP contribution >= 0.6 is 0 Å². The molecule has 4 rings (SSSR count). The maximum Gasteiger partial charge on any atom is 0.280 e. The number of aromatic amines is 1. The smallest absolute Gasteiger partial charge is 0.280 e. The molecule has 100 valence electrons. The van der Waals surface area contributed by atoms with Crippen molar-refractivity contribution in [2.45, 2.75) is 38.1 Å². The summed E-state index contributed by atoms with van der Waals surface area (Å²) in [5.41, 5.74) is 0.604. The van der Waals surface area contributed by atoms with Crippen LogP contribution in [0, 0.1) is 6.92 Å². The Kier molecular flexibility index (Phi) is 1.96. The lowest BCUT2D eigenvalue weighted by Crippen LogP contribution is -2.48. The van der Waals surface area contributed by atoms with Gasteiger partial charge in [0.2, 0.25) is 5.96 Å². The third-order valence-electron chi connectivity index (χ3n) is 4.44. The van der Waals surface area contributed by atoms with Gasteiger partial charge in [0, 0.05) is 7.05 Å². The fraction of sp³-hybridized carbons (Fsp3) is 0.615. The van der Waals surface area contributed by atoms with Crippen molar-refractivity contribution in [3.05, 3.63) is 11.5 Å². The summed E-state index contributed by atoms with van der Waals surface area (Å²) in [6.07, 6.45) is 4.70. The molecule has 0 atom stereocenters. The second kappa shape index (κ2) is 3.37. The second-order valence-corrected chi connectivity index (χ2v) is 5.81. The highest BCUT2D eigenvalue weighted by atomic mass is 16.2. The van der Waals surface area contributed by atoms with Crippen molar-refractivity contribution in [2.24, 2.45) is 4.99 Å². The lowest BCUT2D eigenvalue weighted by molar-refractivity contribution is 0.0860. The highest BCUT2D eigenvalue weighted by Gasteiger charge is 2.48. The third kappa shape index (κ3) is 1.34. The number of aryl methyl sites for hydroxylation is 1. The van der Waals surface area contributed by atoms with Crippen molar-refractivity contribution in [1.29, 1.82) is 0 Å². The number of carbonyl (C=O) groups is 1. The largest absolute Gasteiger partial charge is 0.336 e. The van der Waals surface area contributed by atoms with Gasteiger partial charge in [0.1, 0.15) is 11.5 Å². The number of amides is 1. The van der Waals surface area contributed by atoms with Crippen LogP contribution in [0.1, 0.15) is 42.0 Å². The maximum atomic E-state index is 12.3. The molecule has 1 aliphatic carbocycles. The molecule has 0 aromatic carbocycles. The van der Waals surface area contributed by atoms with Gasteiger partial charge in [-0.2, -0.15) is 0 Å². The fourth-order valence-corrected chi connectivity index (χ4v) is 3.48. The number of aromatic nitrogens is 2. The summed E-state index contributed by atoms with van der Waals surface area (Å²) in [5.74, 6) is 2.26. The minimum absolute atomic E-state index is 0.0122. The van der Waals surface area contributed by atoms with Crippen LogP contribution in [0.25, 0.3) is 0 Å². The van der Waals surface area contributed by atoms with E-state index in [4.69, 9.17) is 4.99 Å². The Balaban J connectivity index is 1.85. The van der Waals surface area contributed by atoms with Crippen LogP contribution in [-0.2, 0) is 0 Å². The van der Waals surface area contributed by atoms with Crippen LogP contribution in [-0.4, -0.2) is 45.9 Å². The molecule has 0 unspecified atom stereocenters.